The summed E-state index contributed by atoms with van der Waals surface area (Å²) in [5.74, 6) is 0.550. The number of aromatic nitrogens is 1. The van der Waals surface area contributed by atoms with Gasteiger partial charge in [-0.1, -0.05) is 0 Å². The zero-order valence-corrected chi connectivity index (χ0v) is 10.4. The van der Waals surface area contributed by atoms with Crippen LogP contribution in [0.15, 0.2) is 12.3 Å². The smallest absolute Gasteiger partial charge is 0.413 e. The third-order valence-electron chi connectivity index (χ3n) is 2.09. The molecule has 0 aromatic carbocycles. The fraction of sp³-hybridized carbons (Fsp3) is 0.500. The highest BCUT2D eigenvalue weighted by molar-refractivity contribution is 5.84. The molecule has 0 saturated carbocycles. The molecule has 0 saturated heterocycles. The Morgan fingerprint density at radius 2 is 2.00 bits per heavy atom. The monoisotopic (exact) mass is 222 g/mol. The Labute approximate surface area is 96.0 Å². The number of amides is 1. The summed E-state index contributed by atoms with van der Waals surface area (Å²) < 4.78 is 5.15. The van der Waals surface area contributed by atoms with Crippen LogP contribution in [0.5, 0.6) is 0 Å². The van der Waals surface area contributed by atoms with Gasteiger partial charge in [-0.25, -0.2) is 9.78 Å². The van der Waals surface area contributed by atoms with E-state index < -0.39 is 11.7 Å². The lowest BCUT2D eigenvalue weighted by Gasteiger charge is -2.20. The fourth-order valence-corrected chi connectivity index (χ4v) is 1.16. The Kier molecular flexibility index (Phi) is 3.52. The standard InChI is InChI=1S/C12H18N2O2/c1-8-6-7-13-10(9(8)2)14-11(15)16-12(3,4)5/h6-7H,1-5H3,(H,13,14,15). The summed E-state index contributed by atoms with van der Waals surface area (Å²) in [6, 6.07) is 1.90. The maximum absolute atomic E-state index is 11.5. The number of nitrogens with zero attached hydrogens (tertiary/aromatic N) is 1. The summed E-state index contributed by atoms with van der Waals surface area (Å²) >= 11 is 0. The molecule has 0 atom stereocenters. The van der Waals surface area contributed by atoms with Gasteiger partial charge in [0.2, 0.25) is 0 Å². The van der Waals surface area contributed by atoms with Gasteiger partial charge in [-0.15, -0.1) is 0 Å². The van der Waals surface area contributed by atoms with Gasteiger partial charge < -0.3 is 4.74 Å². The number of hydrogen-bond acceptors (Lipinski definition) is 3. The molecule has 1 aromatic rings. The van der Waals surface area contributed by atoms with E-state index in [1.165, 1.54) is 0 Å². The first kappa shape index (κ1) is 12.5. The normalized spacial score (nSPS) is 11.1. The van der Waals surface area contributed by atoms with E-state index in [-0.39, 0.29) is 0 Å². The number of anilines is 1. The van der Waals surface area contributed by atoms with E-state index in [1.807, 2.05) is 40.7 Å². The Bertz CT molecular complexity index is 394. The van der Waals surface area contributed by atoms with Crippen LogP contribution in [-0.2, 0) is 4.74 Å². The first-order valence-corrected chi connectivity index (χ1v) is 5.22. The van der Waals surface area contributed by atoms with Crippen LogP contribution in [0.2, 0.25) is 0 Å². The molecule has 1 rings (SSSR count). The average Bonchev–Trinajstić information content (AvgIpc) is 2.09. The van der Waals surface area contributed by atoms with Crippen LogP contribution in [0, 0.1) is 13.8 Å². The molecule has 0 radical (unpaired) electrons. The topological polar surface area (TPSA) is 51.2 Å². The van der Waals surface area contributed by atoms with Gasteiger partial charge in [0.25, 0.3) is 0 Å². The van der Waals surface area contributed by atoms with Crippen LogP contribution < -0.4 is 5.32 Å². The van der Waals surface area contributed by atoms with E-state index in [0.717, 1.165) is 11.1 Å². The first-order valence-electron chi connectivity index (χ1n) is 5.22. The van der Waals surface area contributed by atoms with Crippen LogP contribution in [0.3, 0.4) is 0 Å². The van der Waals surface area contributed by atoms with Crippen LogP contribution in [-0.4, -0.2) is 16.7 Å². The molecule has 0 spiro atoms. The number of aryl methyl sites for hydroxylation is 1. The van der Waals surface area contributed by atoms with E-state index in [2.05, 4.69) is 10.3 Å². The second-order valence-corrected chi connectivity index (χ2v) is 4.73. The van der Waals surface area contributed by atoms with Gasteiger partial charge in [0, 0.05) is 6.20 Å². The molecule has 0 unspecified atom stereocenters. The zero-order valence-electron chi connectivity index (χ0n) is 10.4. The summed E-state index contributed by atoms with van der Waals surface area (Å²) in [4.78, 5) is 15.6. The Balaban J connectivity index is 2.74. The lowest BCUT2D eigenvalue weighted by atomic mass is 10.2. The molecular weight excluding hydrogens is 204 g/mol. The largest absolute Gasteiger partial charge is 0.444 e. The minimum Gasteiger partial charge on any atom is -0.444 e. The number of carbonyl (C=O) groups is 1. The number of carbonyl (C=O) groups excluding carboxylic acids is 1. The minimum absolute atomic E-state index is 0.478. The molecule has 0 bridgehead atoms. The maximum atomic E-state index is 11.5. The Morgan fingerprint density at radius 1 is 1.38 bits per heavy atom. The molecule has 4 heteroatoms. The van der Waals surface area contributed by atoms with Crippen molar-refractivity contribution in [1.82, 2.24) is 4.98 Å². The summed E-state index contributed by atoms with van der Waals surface area (Å²) in [5.41, 5.74) is 1.54. The van der Waals surface area contributed by atoms with Gasteiger partial charge in [0.1, 0.15) is 11.4 Å². The summed E-state index contributed by atoms with van der Waals surface area (Å²) in [5, 5.41) is 2.64. The maximum Gasteiger partial charge on any atom is 0.413 e. The van der Waals surface area contributed by atoms with Gasteiger partial charge in [-0.05, 0) is 51.8 Å². The number of nitrogens with one attached hydrogen (secondary N) is 1. The van der Waals surface area contributed by atoms with Crippen molar-refractivity contribution in [3.63, 3.8) is 0 Å². The van der Waals surface area contributed by atoms with Crippen molar-refractivity contribution >= 4 is 11.9 Å². The molecule has 1 N–H and O–H groups in total. The minimum atomic E-state index is -0.498. The van der Waals surface area contributed by atoms with Crippen LogP contribution in [0.4, 0.5) is 10.6 Å². The van der Waals surface area contributed by atoms with Crippen LogP contribution in [0.1, 0.15) is 31.9 Å². The molecule has 1 amide bonds. The van der Waals surface area contributed by atoms with Crippen molar-refractivity contribution in [2.45, 2.75) is 40.2 Å². The molecular formula is C12H18N2O2. The van der Waals surface area contributed by atoms with Gasteiger partial charge >= 0.3 is 6.09 Å². The third kappa shape index (κ3) is 3.53. The molecule has 1 heterocycles. The summed E-state index contributed by atoms with van der Waals surface area (Å²) in [7, 11) is 0. The van der Waals surface area contributed by atoms with Crippen LogP contribution >= 0.6 is 0 Å². The molecule has 0 aliphatic carbocycles. The Hall–Kier alpha value is -1.58. The quantitative estimate of drug-likeness (QED) is 0.794. The first-order chi connectivity index (χ1) is 7.29. The van der Waals surface area contributed by atoms with E-state index >= 15 is 0 Å². The lowest BCUT2D eigenvalue weighted by Crippen LogP contribution is -2.27. The predicted molar refractivity (Wildman–Crippen MR) is 63.6 cm³/mol. The second-order valence-electron chi connectivity index (χ2n) is 4.73. The molecule has 0 aliphatic rings. The highest BCUT2D eigenvalue weighted by Crippen LogP contribution is 2.16. The molecule has 4 nitrogen and oxygen atoms in total. The lowest BCUT2D eigenvalue weighted by molar-refractivity contribution is 0.0635. The predicted octanol–water partition coefficient (Wildman–Crippen LogP) is 3.05. The second kappa shape index (κ2) is 4.51. The van der Waals surface area contributed by atoms with Gasteiger partial charge in [-0.3, -0.25) is 5.32 Å². The van der Waals surface area contributed by atoms with E-state index in [1.54, 1.807) is 6.20 Å². The number of rotatable bonds is 1. The highest BCUT2D eigenvalue weighted by Gasteiger charge is 2.17. The van der Waals surface area contributed by atoms with E-state index in [0.29, 0.717) is 5.82 Å². The van der Waals surface area contributed by atoms with Crippen LogP contribution in [0.25, 0.3) is 0 Å². The van der Waals surface area contributed by atoms with Crippen molar-refractivity contribution in [3.8, 4) is 0 Å². The van der Waals surface area contributed by atoms with Crippen molar-refractivity contribution in [1.29, 1.82) is 0 Å². The number of hydrogen-bond donors (Lipinski definition) is 1. The Morgan fingerprint density at radius 3 is 2.56 bits per heavy atom. The van der Waals surface area contributed by atoms with Gasteiger partial charge in [-0.2, -0.15) is 0 Å². The molecule has 16 heavy (non-hydrogen) atoms. The van der Waals surface area contributed by atoms with E-state index in [9.17, 15) is 4.79 Å². The van der Waals surface area contributed by atoms with Crippen molar-refractivity contribution in [2.75, 3.05) is 5.32 Å². The van der Waals surface area contributed by atoms with Crippen molar-refractivity contribution in [3.05, 3.63) is 23.4 Å². The number of ether oxygens (including phenoxy) is 1. The molecule has 0 fully saturated rings. The van der Waals surface area contributed by atoms with Crippen molar-refractivity contribution in [2.24, 2.45) is 0 Å². The van der Waals surface area contributed by atoms with Gasteiger partial charge in [0.15, 0.2) is 0 Å². The summed E-state index contributed by atoms with van der Waals surface area (Å²) in [6.45, 7) is 9.35. The highest BCUT2D eigenvalue weighted by atomic mass is 16.6. The van der Waals surface area contributed by atoms with E-state index in [4.69, 9.17) is 4.74 Å². The average molecular weight is 222 g/mol. The van der Waals surface area contributed by atoms with Crippen molar-refractivity contribution < 1.29 is 9.53 Å². The van der Waals surface area contributed by atoms with Gasteiger partial charge in [0.05, 0.1) is 0 Å². The fourth-order valence-electron chi connectivity index (χ4n) is 1.16. The molecule has 0 aliphatic heterocycles. The molecule has 88 valence electrons. The SMILES string of the molecule is Cc1ccnc(NC(=O)OC(C)(C)C)c1C. The molecule has 1 aromatic heterocycles. The zero-order chi connectivity index (χ0) is 12.3. The summed E-state index contributed by atoms with van der Waals surface area (Å²) in [6.07, 6.45) is 1.18. The number of pyridine rings is 1. The third-order valence-corrected chi connectivity index (χ3v) is 2.09.